The molecular formula is C18H26N2O4. The lowest BCUT2D eigenvalue weighted by molar-refractivity contribution is -0.161. The Kier molecular flexibility index (Phi) is 6.35. The largest absolute Gasteiger partial charge is 0.478 e. The fraction of sp³-hybridized carbons (Fsp3) is 0.500. The molecule has 1 atom stereocenters. The molecule has 24 heavy (non-hydrogen) atoms. The number of nitrogens with zero attached hydrogens (tertiary/aromatic N) is 1. The first-order valence-corrected chi connectivity index (χ1v) is 7.94. The third-order valence-electron chi connectivity index (χ3n) is 3.89. The van der Waals surface area contributed by atoms with Crippen LogP contribution in [0.15, 0.2) is 29.4 Å². The van der Waals surface area contributed by atoms with Crippen LogP contribution in [0.25, 0.3) is 0 Å². The van der Waals surface area contributed by atoms with Gasteiger partial charge in [-0.2, -0.15) is 0 Å². The average Bonchev–Trinajstić information content (AvgIpc) is 2.58. The second-order valence-electron chi connectivity index (χ2n) is 6.37. The van der Waals surface area contributed by atoms with Crippen molar-refractivity contribution in [2.75, 3.05) is 0 Å². The van der Waals surface area contributed by atoms with Gasteiger partial charge in [0, 0.05) is 5.92 Å². The molecule has 0 aliphatic carbocycles. The number of primary amides is 1. The second kappa shape index (κ2) is 8.47. The first-order valence-electron chi connectivity index (χ1n) is 8.44. The molecule has 3 N–H and O–H groups in total. The minimum atomic E-state index is -1.36. The molecule has 0 fully saturated rings. The van der Waals surface area contributed by atoms with E-state index >= 15 is 0 Å². The summed E-state index contributed by atoms with van der Waals surface area (Å²) in [4.78, 5) is 27.4. The summed E-state index contributed by atoms with van der Waals surface area (Å²) in [6.07, 6.45) is 1.77. The Morgan fingerprint density at radius 3 is 2.42 bits per heavy atom. The van der Waals surface area contributed by atoms with E-state index in [-0.39, 0.29) is 18.2 Å². The number of carboxylic acid groups (broad SMARTS) is 1. The third kappa shape index (κ3) is 6.02. The maximum atomic E-state index is 11.2. The molecule has 0 heterocycles. The monoisotopic (exact) mass is 335 g/mol. The fourth-order valence-electron chi connectivity index (χ4n) is 2.15. The summed E-state index contributed by atoms with van der Waals surface area (Å²) in [5, 5.41) is 13.1. The van der Waals surface area contributed by atoms with Crippen molar-refractivity contribution in [2.24, 2.45) is 16.8 Å². The molecule has 0 aromatic heterocycles. The van der Waals surface area contributed by atoms with Crippen LogP contribution in [-0.4, -0.2) is 28.3 Å². The van der Waals surface area contributed by atoms with Crippen molar-refractivity contribution in [1.29, 1.82) is 0 Å². The number of oxime groups is 1. The van der Waals surface area contributed by atoms with Crippen LogP contribution in [0, 0.1) is 5.92 Å². The summed E-state index contributed by atoms with van der Waals surface area (Å²) >= 11 is 0. The predicted molar refractivity (Wildman–Crippen MR) is 92.7 cm³/mol. The summed E-state index contributed by atoms with van der Waals surface area (Å²) in [5.41, 5.74) is 3.18. The smallest absolute Gasteiger partial charge is 0.350 e. The van der Waals surface area contributed by atoms with E-state index in [1.807, 2.05) is 43.8 Å². The summed E-state index contributed by atoms with van der Waals surface area (Å²) < 4.78 is 6.81. The topological polar surface area (TPSA) is 102 Å². The summed E-state index contributed by atoms with van der Waals surface area (Å²) in [6.45, 7) is 6.79. The van der Waals surface area contributed by atoms with Gasteiger partial charge in [-0.25, -0.2) is 4.79 Å². The van der Waals surface area contributed by atoms with E-state index in [1.54, 1.807) is 0 Å². The standard InChI is InChI=1S/C18H26N2O4/c1-5-15(12(2)20-24-18(3,4)17(22)23)10-13-6-8-14(9-7-13)11-16(19)21/h6-9,15H,5,10-11H2,1-4H3,(H2,19,21)(H,22,23)/b20-12+/i/hD. The summed E-state index contributed by atoms with van der Waals surface area (Å²) in [6, 6.07) is 7.64. The van der Waals surface area contributed by atoms with Crippen molar-refractivity contribution in [1.82, 2.24) is 0 Å². The van der Waals surface area contributed by atoms with Crippen LogP contribution >= 0.6 is 0 Å². The maximum Gasteiger partial charge on any atom is 0.350 e. The van der Waals surface area contributed by atoms with Crippen LogP contribution in [0.5, 0.6) is 0 Å². The van der Waals surface area contributed by atoms with Crippen molar-refractivity contribution in [3.63, 3.8) is 0 Å². The Morgan fingerprint density at radius 1 is 1.33 bits per heavy atom. The van der Waals surface area contributed by atoms with Crippen molar-refractivity contribution in [3.8, 4) is 0 Å². The van der Waals surface area contributed by atoms with Crippen LogP contribution in [0.2, 0.25) is 1.41 Å². The van der Waals surface area contributed by atoms with E-state index < -0.39 is 11.6 Å². The Balaban J connectivity index is 2.74. The zero-order valence-electron chi connectivity index (χ0n) is 15.6. The first-order chi connectivity index (χ1) is 11.7. The highest BCUT2D eigenvalue weighted by molar-refractivity contribution is 5.84. The number of hydrogen-bond acceptors (Lipinski definition) is 4. The second-order valence-corrected chi connectivity index (χ2v) is 6.37. The van der Waals surface area contributed by atoms with Crippen LogP contribution in [-0.2, 0) is 27.3 Å². The summed E-state index contributed by atoms with van der Waals surface area (Å²) in [5.74, 6) is -1.28. The Morgan fingerprint density at radius 2 is 1.92 bits per heavy atom. The van der Waals surface area contributed by atoms with E-state index in [2.05, 4.69) is 5.16 Å². The van der Waals surface area contributed by atoms with Crippen LogP contribution < -0.4 is 5.73 Å². The van der Waals surface area contributed by atoms with E-state index in [9.17, 15) is 9.59 Å². The number of aliphatic carboxylic acids is 1. The molecule has 0 bridgehead atoms. The molecule has 6 nitrogen and oxygen atoms in total. The first kappa shape index (κ1) is 18.0. The number of carbonyl (C=O) groups excluding carboxylic acids is 1. The minimum absolute atomic E-state index is 0.131. The molecule has 0 aliphatic rings. The van der Waals surface area contributed by atoms with Gasteiger partial charge in [0.15, 0.2) is 1.41 Å². The van der Waals surface area contributed by atoms with Gasteiger partial charge in [0.1, 0.15) is 0 Å². The van der Waals surface area contributed by atoms with Crippen LogP contribution in [0.1, 0.15) is 45.2 Å². The molecule has 0 spiro atoms. The van der Waals surface area contributed by atoms with Gasteiger partial charge in [-0.15, -0.1) is 0 Å². The van der Waals surface area contributed by atoms with E-state index in [0.29, 0.717) is 0 Å². The quantitative estimate of drug-likeness (QED) is 0.535. The van der Waals surface area contributed by atoms with Crippen molar-refractivity contribution in [3.05, 3.63) is 35.4 Å². The molecule has 0 aliphatic heterocycles. The van der Waals surface area contributed by atoms with E-state index in [4.69, 9.17) is 11.4 Å². The lowest BCUT2D eigenvalue weighted by Gasteiger charge is -2.19. The molecule has 0 saturated heterocycles. The molecule has 1 aromatic carbocycles. The van der Waals surface area contributed by atoms with Crippen LogP contribution in [0.4, 0.5) is 0 Å². The molecule has 1 unspecified atom stereocenters. The predicted octanol–water partition coefficient (Wildman–Crippen LogP) is 2.54. The van der Waals surface area contributed by atoms with Gasteiger partial charge >= 0.3 is 5.97 Å². The van der Waals surface area contributed by atoms with Gasteiger partial charge in [0.2, 0.25) is 11.5 Å². The lowest BCUT2D eigenvalue weighted by atomic mass is 9.92. The van der Waals surface area contributed by atoms with Gasteiger partial charge < -0.3 is 15.7 Å². The van der Waals surface area contributed by atoms with Gasteiger partial charge in [-0.1, -0.05) is 36.3 Å². The van der Waals surface area contributed by atoms with E-state index in [0.717, 1.165) is 29.7 Å². The van der Waals surface area contributed by atoms with Gasteiger partial charge in [-0.05, 0) is 44.7 Å². The van der Waals surface area contributed by atoms with Crippen molar-refractivity contribution >= 4 is 17.6 Å². The van der Waals surface area contributed by atoms with Crippen molar-refractivity contribution in [2.45, 2.75) is 52.6 Å². The molecule has 1 amide bonds. The Labute approximate surface area is 144 Å². The molecule has 0 radical (unpaired) electrons. The number of carbonyl (C=O) groups is 2. The molecule has 1 rings (SSSR count). The molecular weight excluding hydrogens is 308 g/mol. The fourth-order valence-corrected chi connectivity index (χ4v) is 2.15. The number of rotatable bonds is 9. The molecule has 6 heteroatoms. The Hall–Kier alpha value is -2.37. The Bertz CT molecular complexity index is 626. The lowest BCUT2D eigenvalue weighted by Crippen LogP contribution is -2.33. The SMILES string of the molecule is [2H]NC(=O)Cc1ccc(CC(CC)/C(C)=N/OC(C)(C)C(=O)O)cc1. The normalized spacial score (nSPS) is 13.8. The molecule has 1 aromatic rings. The van der Waals surface area contributed by atoms with Gasteiger partial charge in [0.05, 0.1) is 12.1 Å². The summed E-state index contributed by atoms with van der Waals surface area (Å²) in [7, 11) is 0. The highest BCUT2D eigenvalue weighted by atomic mass is 16.7. The number of carboxylic acids is 1. The number of nitrogens with two attached hydrogens (primary N) is 1. The highest BCUT2D eigenvalue weighted by Crippen LogP contribution is 2.17. The number of amides is 1. The zero-order valence-corrected chi connectivity index (χ0v) is 14.6. The molecule has 0 saturated carbocycles. The molecule has 132 valence electrons. The average molecular weight is 335 g/mol. The van der Waals surface area contributed by atoms with Crippen molar-refractivity contribution < 1.29 is 20.9 Å². The number of benzene rings is 1. The third-order valence-corrected chi connectivity index (χ3v) is 3.89. The van der Waals surface area contributed by atoms with Crippen LogP contribution in [0.3, 0.4) is 0 Å². The van der Waals surface area contributed by atoms with E-state index in [1.165, 1.54) is 13.8 Å². The maximum absolute atomic E-state index is 11.2. The zero-order chi connectivity index (χ0) is 19.0. The van der Waals surface area contributed by atoms with Gasteiger partial charge in [-0.3, -0.25) is 4.79 Å². The minimum Gasteiger partial charge on any atom is -0.478 e. The number of hydrogen-bond donors (Lipinski definition) is 2. The van der Waals surface area contributed by atoms with Gasteiger partial charge in [0.25, 0.3) is 0 Å². The highest BCUT2D eigenvalue weighted by Gasteiger charge is 2.30.